The summed E-state index contributed by atoms with van der Waals surface area (Å²) in [5.74, 6) is 0.442. The number of nitrogens with zero attached hydrogens (tertiary/aromatic N) is 2. The molecule has 176 valence electrons. The van der Waals surface area contributed by atoms with Gasteiger partial charge < -0.3 is 4.74 Å². The molecule has 0 aliphatic carbocycles. The number of aromatic nitrogens is 2. The van der Waals surface area contributed by atoms with E-state index in [1.54, 1.807) is 60.7 Å². The molecule has 0 amide bonds. The minimum Gasteiger partial charge on any atom is -0.487 e. The van der Waals surface area contributed by atoms with Crippen molar-refractivity contribution in [3.8, 4) is 22.6 Å². The molecule has 0 saturated carbocycles. The summed E-state index contributed by atoms with van der Waals surface area (Å²) in [5.41, 5.74) is 1.09. The van der Waals surface area contributed by atoms with Crippen LogP contribution in [-0.4, -0.2) is 24.5 Å². The van der Waals surface area contributed by atoms with Crippen molar-refractivity contribution in [2.75, 3.05) is 6.26 Å². The second-order valence-corrected chi connectivity index (χ2v) is 9.91. The minimum atomic E-state index is -4.62. The number of alkyl halides is 3. The molecule has 1 aromatic heterocycles. The van der Waals surface area contributed by atoms with Gasteiger partial charge in [-0.1, -0.05) is 48.0 Å². The Bertz CT molecular complexity index is 1420. The molecule has 10 heteroatoms. The normalized spacial score (nSPS) is 12.0. The lowest BCUT2D eigenvalue weighted by molar-refractivity contribution is -0.141. The number of rotatable bonds is 6. The molecule has 0 bridgehead atoms. The van der Waals surface area contributed by atoms with E-state index >= 15 is 0 Å². The number of ether oxygens (including phenoxy) is 1. The van der Waals surface area contributed by atoms with Crippen LogP contribution >= 0.6 is 11.6 Å². The van der Waals surface area contributed by atoms with Crippen LogP contribution < -0.4 is 4.74 Å². The summed E-state index contributed by atoms with van der Waals surface area (Å²) in [7, 11) is -3.28. The highest BCUT2D eigenvalue weighted by Crippen LogP contribution is 2.31. The number of benzene rings is 3. The maximum Gasteiger partial charge on any atom is 0.435 e. The average molecular weight is 507 g/mol. The summed E-state index contributed by atoms with van der Waals surface area (Å²) in [5, 5.41) is 3.94. The smallest absolute Gasteiger partial charge is 0.435 e. The van der Waals surface area contributed by atoms with Gasteiger partial charge >= 0.3 is 6.18 Å². The van der Waals surface area contributed by atoms with Gasteiger partial charge in [0, 0.05) is 6.26 Å². The van der Waals surface area contributed by atoms with E-state index < -0.39 is 21.7 Å². The Morgan fingerprint density at radius 2 is 1.53 bits per heavy atom. The Balaban J connectivity index is 1.55. The van der Waals surface area contributed by atoms with Crippen LogP contribution in [-0.2, 0) is 22.6 Å². The minimum absolute atomic E-state index is 0.170. The fourth-order valence-electron chi connectivity index (χ4n) is 3.29. The van der Waals surface area contributed by atoms with Gasteiger partial charge in [-0.15, -0.1) is 0 Å². The predicted octanol–water partition coefficient (Wildman–Crippen LogP) is 6.19. The Labute approximate surface area is 199 Å². The van der Waals surface area contributed by atoms with Gasteiger partial charge in [-0.25, -0.2) is 13.1 Å². The molecular weight excluding hydrogens is 489 g/mol. The van der Waals surface area contributed by atoms with Gasteiger partial charge in [-0.05, 0) is 53.6 Å². The maximum absolute atomic E-state index is 13.3. The van der Waals surface area contributed by atoms with E-state index in [0.29, 0.717) is 11.4 Å². The number of halogens is 4. The monoisotopic (exact) mass is 506 g/mol. The first-order valence-corrected chi connectivity index (χ1v) is 12.2. The van der Waals surface area contributed by atoms with Gasteiger partial charge in [0.15, 0.2) is 15.5 Å². The lowest BCUT2D eigenvalue weighted by Gasteiger charge is -2.11. The van der Waals surface area contributed by atoms with Crippen LogP contribution in [0.5, 0.6) is 5.75 Å². The number of hydrogen-bond acceptors (Lipinski definition) is 4. The van der Waals surface area contributed by atoms with Crippen LogP contribution in [0.4, 0.5) is 13.2 Å². The topological polar surface area (TPSA) is 61.2 Å². The van der Waals surface area contributed by atoms with Gasteiger partial charge in [-0.3, -0.25) is 0 Å². The molecule has 1 heterocycles. The highest BCUT2D eigenvalue weighted by atomic mass is 35.5. The maximum atomic E-state index is 13.3. The molecule has 0 fully saturated rings. The number of sulfone groups is 1. The molecule has 4 rings (SSSR count). The van der Waals surface area contributed by atoms with Crippen molar-refractivity contribution in [3.63, 3.8) is 0 Å². The third kappa shape index (κ3) is 5.26. The zero-order valence-electron chi connectivity index (χ0n) is 17.8. The molecule has 3 aromatic carbocycles. The molecule has 4 aromatic rings. The lowest BCUT2D eigenvalue weighted by Crippen LogP contribution is -2.08. The highest BCUT2D eigenvalue weighted by Gasteiger charge is 2.35. The van der Waals surface area contributed by atoms with Crippen molar-refractivity contribution in [2.24, 2.45) is 0 Å². The van der Waals surface area contributed by atoms with Crippen LogP contribution in [0.15, 0.2) is 83.8 Å². The fourth-order valence-corrected chi connectivity index (χ4v) is 4.13. The zero-order valence-corrected chi connectivity index (χ0v) is 19.3. The molecule has 0 unspecified atom stereocenters. The van der Waals surface area contributed by atoms with Crippen LogP contribution in [0.2, 0.25) is 5.02 Å². The van der Waals surface area contributed by atoms with E-state index in [1.807, 2.05) is 0 Å². The van der Waals surface area contributed by atoms with Gasteiger partial charge in [-0.2, -0.15) is 18.3 Å². The van der Waals surface area contributed by atoms with Gasteiger partial charge in [0.25, 0.3) is 0 Å². The Morgan fingerprint density at radius 1 is 0.941 bits per heavy atom. The van der Waals surface area contributed by atoms with Gasteiger partial charge in [0.05, 0.1) is 21.3 Å². The first kappa shape index (κ1) is 23.8. The Kier molecular flexibility index (Phi) is 6.42. The standard InChI is InChI=1S/C24H18ClF3N2O3S/c1-34(31,32)20-12-8-17(9-13-20)16-6-10-19(11-7-16)33-15-18-14-23(24(26,27)28)29-30(18)22-5-3-2-4-21(22)25/h2-14H,15H2,1H3. The third-order valence-electron chi connectivity index (χ3n) is 5.01. The predicted molar refractivity (Wildman–Crippen MR) is 123 cm³/mol. The van der Waals surface area contributed by atoms with E-state index in [1.165, 1.54) is 12.1 Å². The van der Waals surface area contributed by atoms with Crippen LogP contribution in [0.25, 0.3) is 16.8 Å². The summed E-state index contributed by atoms with van der Waals surface area (Å²) in [6.07, 6.45) is -3.47. The molecule has 0 atom stereocenters. The second kappa shape index (κ2) is 9.15. The van der Waals surface area contributed by atoms with Crippen molar-refractivity contribution in [3.05, 3.63) is 95.3 Å². The molecule has 0 aliphatic heterocycles. The molecular formula is C24H18ClF3N2O3S. The van der Waals surface area contributed by atoms with Crippen LogP contribution in [0.1, 0.15) is 11.4 Å². The van der Waals surface area contributed by atoms with E-state index in [2.05, 4.69) is 5.10 Å². The molecule has 0 N–H and O–H groups in total. The average Bonchev–Trinajstić information content (AvgIpc) is 3.22. The van der Waals surface area contributed by atoms with Gasteiger partial charge in [0.2, 0.25) is 0 Å². The number of para-hydroxylation sites is 1. The molecule has 0 spiro atoms. The summed E-state index contributed by atoms with van der Waals surface area (Å²) in [4.78, 5) is 0.226. The lowest BCUT2D eigenvalue weighted by atomic mass is 10.1. The first-order valence-electron chi connectivity index (χ1n) is 9.97. The van der Waals surface area contributed by atoms with E-state index in [4.69, 9.17) is 16.3 Å². The summed E-state index contributed by atoms with van der Waals surface area (Å²) < 4.78 is 69.9. The van der Waals surface area contributed by atoms with Crippen LogP contribution in [0.3, 0.4) is 0 Å². The van der Waals surface area contributed by atoms with Gasteiger partial charge in [0.1, 0.15) is 12.4 Å². The van der Waals surface area contributed by atoms with Crippen molar-refractivity contribution in [2.45, 2.75) is 17.7 Å². The Hall–Kier alpha value is -3.30. The molecule has 0 radical (unpaired) electrons. The van der Waals surface area contributed by atoms with E-state index in [-0.39, 0.29) is 22.2 Å². The highest BCUT2D eigenvalue weighted by molar-refractivity contribution is 7.90. The molecule has 5 nitrogen and oxygen atoms in total. The van der Waals surface area contributed by atoms with E-state index in [9.17, 15) is 21.6 Å². The largest absolute Gasteiger partial charge is 0.487 e. The first-order chi connectivity index (χ1) is 16.0. The fraction of sp³-hybridized carbons (Fsp3) is 0.125. The third-order valence-corrected chi connectivity index (χ3v) is 6.46. The summed E-state index contributed by atoms with van der Waals surface area (Å²) in [6, 6.07) is 20.8. The molecule has 0 aliphatic rings. The van der Waals surface area contributed by atoms with Crippen molar-refractivity contribution < 1.29 is 26.3 Å². The van der Waals surface area contributed by atoms with Crippen molar-refractivity contribution in [1.29, 1.82) is 0 Å². The summed E-state index contributed by atoms with van der Waals surface area (Å²) >= 11 is 6.17. The zero-order chi connectivity index (χ0) is 24.5. The molecule has 34 heavy (non-hydrogen) atoms. The second-order valence-electron chi connectivity index (χ2n) is 7.49. The number of hydrogen-bond donors (Lipinski definition) is 0. The van der Waals surface area contributed by atoms with E-state index in [0.717, 1.165) is 28.1 Å². The van der Waals surface area contributed by atoms with Crippen molar-refractivity contribution >= 4 is 21.4 Å². The SMILES string of the molecule is CS(=O)(=O)c1ccc(-c2ccc(OCc3cc(C(F)(F)F)nn3-c3ccccc3Cl)cc2)cc1. The van der Waals surface area contributed by atoms with Crippen LogP contribution in [0, 0.1) is 0 Å². The quantitative estimate of drug-likeness (QED) is 0.312. The van der Waals surface area contributed by atoms with Crippen molar-refractivity contribution in [1.82, 2.24) is 9.78 Å². The molecule has 0 saturated heterocycles. The summed E-state index contributed by atoms with van der Waals surface area (Å²) in [6.45, 7) is -0.170. The Morgan fingerprint density at radius 3 is 2.09 bits per heavy atom.